The van der Waals surface area contributed by atoms with Crippen LogP contribution in [-0.4, -0.2) is 48.1 Å². The fraction of sp³-hybridized carbons (Fsp3) is 0.818. The molecule has 1 aliphatic heterocycles. The molecule has 7 nitrogen and oxygen atoms in total. The lowest BCUT2D eigenvalue weighted by Crippen LogP contribution is -2.60. The Morgan fingerprint density at radius 2 is 1.94 bits per heavy atom. The van der Waals surface area contributed by atoms with Crippen molar-refractivity contribution in [2.24, 2.45) is 0 Å². The average molecular weight is 259 g/mol. The van der Waals surface area contributed by atoms with E-state index in [9.17, 15) is 9.59 Å². The number of hydrogen-bond donors (Lipinski definition) is 4. The van der Waals surface area contributed by atoms with Crippen LogP contribution in [0.4, 0.5) is 9.59 Å². The Kier molecular flexibility index (Phi) is 4.77. The molecule has 104 valence electrons. The van der Waals surface area contributed by atoms with E-state index >= 15 is 0 Å². The molecule has 0 aromatic carbocycles. The van der Waals surface area contributed by atoms with E-state index in [2.05, 4.69) is 16.0 Å². The van der Waals surface area contributed by atoms with Gasteiger partial charge in [0.1, 0.15) is 5.60 Å². The molecule has 0 spiro atoms. The molecular formula is C11H21N3O4. The molecule has 2 atom stereocenters. The Balaban J connectivity index is 2.51. The molecule has 0 aliphatic carbocycles. The summed E-state index contributed by atoms with van der Waals surface area (Å²) in [6.45, 7) is 6.57. The Morgan fingerprint density at radius 1 is 1.28 bits per heavy atom. The highest BCUT2D eigenvalue weighted by molar-refractivity contribution is 5.69. The van der Waals surface area contributed by atoms with Gasteiger partial charge in [-0.3, -0.25) is 0 Å². The number of amides is 2. The maximum absolute atomic E-state index is 11.6. The van der Waals surface area contributed by atoms with E-state index in [1.165, 1.54) is 0 Å². The van der Waals surface area contributed by atoms with E-state index in [-0.39, 0.29) is 12.1 Å². The summed E-state index contributed by atoms with van der Waals surface area (Å²) in [4.78, 5) is 22.3. The van der Waals surface area contributed by atoms with Crippen LogP contribution >= 0.6 is 0 Å². The van der Waals surface area contributed by atoms with E-state index in [0.717, 1.165) is 6.54 Å². The van der Waals surface area contributed by atoms with Crippen LogP contribution < -0.4 is 16.0 Å². The molecule has 1 rings (SSSR count). The molecule has 0 bridgehead atoms. The molecule has 2 amide bonds. The van der Waals surface area contributed by atoms with Crippen molar-refractivity contribution in [3.63, 3.8) is 0 Å². The van der Waals surface area contributed by atoms with Crippen LogP contribution in [0.3, 0.4) is 0 Å². The van der Waals surface area contributed by atoms with Crippen LogP contribution in [0.15, 0.2) is 0 Å². The highest BCUT2D eigenvalue weighted by Crippen LogP contribution is 2.09. The van der Waals surface area contributed by atoms with Gasteiger partial charge in [0, 0.05) is 6.54 Å². The lowest BCUT2D eigenvalue weighted by molar-refractivity contribution is 0.0483. The summed E-state index contributed by atoms with van der Waals surface area (Å²) >= 11 is 0. The van der Waals surface area contributed by atoms with Gasteiger partial charge < -0.3 is 25.8 Å². The van der Waals surface area contributed by atoms with Gasteiger partial charge in [0.2, 0.25) is 0 Å². The third-order valence-corrected chi connectivity index (χ3v) is 2.49. The Bertz CT molecular complexity index is 314. The van der Waals surface area contributed by atoms with Crippen molar-refractivity contribution < 1.29 is 19.4 Å². The maximum Gasteiger partial charge on any atom is 0.407 e. The van der Waals surface area contributed by atoms with Gasteiger partial charge in [-0.05, 0) is 33.7 Å². The lowest BCUT2D eigenvalue weighted by atomic mass is 10.0. The number of carbonyl (C=O) groups is 2. The van der Waals surface area contributed by atoms with E-state index in [4.69, 9.17) is 9.84 Å². The summed E-state index contributed by atoms with van der Waals surface area (Å²) in [5.74, 6) is 0. The second kappa shape index (κ2) is 5.90. The molecule has 0 aromatic rings. The van der Waals surface area contributed by atoms with Crippen molar-refractivity contribution in [3.8, 4) is 0 Å². The number of carboxylic acid groups (broad SMARTS) is 1. The van der Waals surface area contributed by atoms with E-state index in [1.807, 2.05) is 0 Å². The van der Waals surface area contributed by atoms with Gasteiger partial charge in [0.25, 0.3) is 0 Å². The van der Waals surface area contributed by atoms with Gasteiger partial charge in [-0.25, -0.2) is 9.59 Å². The number of hydrogen-bond acceptors (Lipinski definition) is 4. The summed E-state index contributed by atoms with van der Waals surface area (Å²) in [6.07, 6.45) is -0.987. The minimum atomic E-state index is -1.09. The minimum absolute atomic E-state index is 0.295. The average Bonchev–Trinajstić information content (AvgIpc) is 2.17. The summed E-state index contributed by atoms with van der Waals surface area (Å²) in [5, 5.41) is 16.9. The molecule has 18 heavy (non-hydrogen) atoms. The Labute approximate surface area is 106 Å². The van der Waals surface area contributed by atoms with Crippen LogP contribution in [-0.2, 0) is 4.74 Å². The topological polar surface area (TPSA) is 99.7 Å². The minimum Gasteiger partial charge on any atom is -0.465 e. The monoisotopic (exact) mass is 259 g/mol. The summed E-state index contributed by atoms with van der Waals surface area (Å²) < 4.78 is 5.14. The first-order valence-electron chi connectivity index (χ1n) is 5.97. The number of rotatable bonds is 2. The predicted octanol–water partition coefficient (Wildman–Crippen LogP) is 0.509. The SMILES string of the molecule is CC(C)(C)OC(=O)N[C@@H]1CNCC[C@H]1NC(=O)O. The molecular weight excluding hydrogens is 238 g/mol. The smallest absolute Gasteiger partial charge is 0.407 e. The molecule has 0 aromatic heterocycles. The number of nitrogens with one attached hydrogen (secondary N) is 3. The largest absolute Gasteiger partial charge is 0.465 e. The van der Waals surface area contributed by atoms with Gasteiger partial charge in [0.15, 0.2) is 0 Å². The fourth-order valence-electron chi connectivity index (χ4n) is 1.80. The van der Waals surface area contributed by atoms with Crippen molar-refractivity contribution in [1.29, 1.82) is 0 Å². The van der Waals surface area contributed by atoms with Crippen molar-refractivity contribution in [2.45, 2.75) is 44.9 Å². The van der Waals surface area contributed by atoms with Crippen molar-refractivity contribution in [2.75, 3.05) is 13.1 Å². The second-order valence-electron chi connectivity index (χ2n) is 5.30. The zero-order valence-electron chi connectivity index (χ0n) is 10.9. The fourth-order valence-corrected chi connectivity index (χ4v) is 1.80. The molecule has 0 saturated carbocycles. The summed E-state index contributed by atoms with van der Waals surface area (Å²) in [6, 6.07) is -0.596. The Morgan fingerprint density at radius 3 is 2.50 bits per heavy atom. The van der Waals surface area contributed by atoms with Crippen molar-refractivity contribution in [3.05, 3.63) is 0 Å². The van der Waals surface area contributed by atoms with Gasteiger partial charge in [0.05, 0.1) is 12.1 Å². The van der Waals surface area contributed by atoms with E-state index in [1.54, 1.807) is 20.8 Å². The van der Waals surface area contributed by atoms with Crippen LogP contribution in [0.1, 0.15) is 27.2 Å². The van der Waals surface area contributed by atoms with Gasteiger partial charge in [-0.2, -0.15) is 0 Å². The van der Waals surface area contributed by atoms with E-state index < -0.39 is 17.8 Å². The van der Waals surface area contributed by atoms with E-state index in [0.29, 0.717) is 13.0 Å². The molecule has 4 N–H and O–H groups in total. The summed E-state index contributed by atoms with van der Waals surface area (Å²) in [5.41, 5.74) is -0.568. The van der Waals surface area contributed by atoms with Gasteiger partial charge in [-0.1, -0.05) is 0 Å². The first kappa shape index (κ1) is 14.6. The number of alkyl carbamates (subject to hydrolysis) is 1. The number of carbonyl (C=O) groups excluding carboxylic acids is 1. The second-order valence-corrected chi connectivity index (χ2v) is 5.30. The molecule has 1 aliphatic rings. The summed E-state index contributed by atoms with van der Waals surface area (Å²) in [7, 11) is 0. The molecule has 7 heteroatoms. The van der Waals surface area contributed by atoms with Crippen molar-refractivity contribution in [1.82, 2.24) is 16.0 Å². The molecule has 0 radical (unpaired) electrons. The number of piperidine rings is 1. The van der Waals surface area contributed by atoms with Gasteiger partial charge >= 0.3 is 12.2 Å². The normalized spacial score (nSPS) is 24.2. The van der Waals surface area contributed by atoms with Crippen molar-refractivity contribution >= 4 is 12.2 Å². The lowest BCUT2D eigenvalue weighted by Gasteiger charge is -2.33. The van der Waals surface area contributed by atoms with Crippen LogP contribution in [0.5, 0.6) is 0 Å². The zero-order chi connectivity index (χ0) is 13.8. The standard InChI is InChI=1S/C11H21N3O4/c1-11(2,3)18-10(17)14-8-6-12-5-4-7(8)13-9(15)16/h7-8,12-13H,4-6H2,1-3H3,(H,14,17)(H,15,16)/t7-,8-/m1/s1. The van der Waals surface area contributed by atoms with Crippen LogP contribution in [0, 0.1) is 0 Å². The molecule has 1 heterocycles. The molecule has 0 unspecified atom stereocenters. The van der Waals surface area contributed by atoms with Crippen LogP contribution in [0.2, 0.25) is 0 Å². The molecule has 1 fully saturated rings. The third-order valence-electron chi connectivity index (χ3n) is 2.49. The first-order chi connectivity index (χ1) is 8.28. The maximum atomic E-state index is 11.6. The first-order valence-corrected chi connectivity index (χ1v) is 5.97. The highest BCUT2D eigenvalue weighted by Gasteiger charge is 2.29. The molecule has 1 saturated heterocycles. The highest BCUT2D eigenvalue weighted by atomic mass is 16.6. The Hall–Kier alpha value is -1.50. The van der Waals surface area contributed by atoms with Crippen LogP contribution in [0.25, 0.3) is 0 Å². The van der Waals surface area contributed by atoms with Gasteiger partial charge in [-0.15, -0.1) is 0 Å². The number of ether oxygens (including phenoxy) is 1. The predicted molar refractivity (Wildman–Crippen MR) is 65.6 cm³/mol. The quantitative estimate of drug-likeness (QED) is 0.579. The third kappa shape index (κ3) is 5.22. The zero-order valence-corrected chi connectivity index (χ0v) is 10.9.